The van der Waals surface area contributed by atoms with Crippen LogP contribution in [0.4, 0.5) is 0 Å². The minimum absolute atomic E-state index is 0.434. The Morgan fingerprint density at radius 3 is 2.47 bits per heavy atom. The Kier molecular flexibility index (Phi) is 4.33. The fourth-order valence-electron chi connectivity index (χ4n) is 1.66. The molecule has 0 aliphatic rings. The Bertz CT molecular complexity index is 375. The topological polar surface area (TPSA) is 35.8 Å². The number of nitrogens with zero attached hydrogens (tertiary/aromatic N) is 1. The highest BCUT2D eigenvalue weighted by atomic mass is 14.8. The Morgan fingerprint density at radius 2 is 1.80 bits per heavy atom. The van der Waals surface area contributed by atoms with Gasteiger partial charge in [-0.2, -0.15) is 5.26 Å². The number of nitriles is 1. The van der Waals surface area contributed by atoms with Gasteiger partial charge in [0.25, 0.3) is 0 Å². The van der Waals surface area contributed by atoms with Gasteiger partial charge in [0.1, 0.15) is 0 Å². The number of benzene rings is 1. The van der Waals surface area contributed by atoms with Gasteiger partial charge in [-0.3, -0.25) is 0 Å². The first-order chi connectivity index (χ1) is 7.15. The van der Waals surface area contributed by atoms with E-state index in [0.717, 1.165) is 13.0 Å². The molecule has 2 heteroatoms. The van der Waals surface area contributed by atoms with E-state index in [1.807, 2.05) is 0 Å². The van der Waals surface area contributed by atoms with Crippen LogP contribution in [0.15, 0.2) is 12.1 Å². The molecule has 0 unspecified atom stereocenters. The highest BCUT2D eigenvalue weighted by Crippen LogP contribution is 2.15. The van der Waals surface area contributed by atoms with E-state index >= 15 is 0 Å². The highest BCUT2D eigenvalue weighted by molar-refractivity contribution is 5.36. The molecule has 1 N–H and O–H groups in total. The minimum atomic E-state index is 0.434. The van der Waals surface area contributed by atoms with Gasteiger partial charge in [0.2, 0.25) is 0 Å². The Labute approximate surface area is 91.9 Å². The van der Waals surface area contributed by atoms with E-state index < -0.39 is 0 Å². The molecule has 0 aliphatic heterocycles. The summed E-state index contributed by atoms with van der Waals surface area (Å²) in [6.07, 6.45) is 0.995. The van der Waals surface area contributed by atoms with Gasteiger partial charge < -0.3 is 5.32 Å². The maximum Gasteiger partial charge on any atom is 0.0841 e. The molecule has 2 nitrogen and oxygen atoms in total. The van der Waals surface area contributed by atoms with Crippen LogP contribution in [-0.4, -0.2) is 13.1 Å². The van der Waals surface area contributed by atoms with Crippen molar-refractivity contribution in [3.05, 3.63) is 34.4 Å². The molecule has 0 aliphatic carbocycles. The summed E-state index contributed by atoms with van der Waals surface area (Å²) in [4.78, 5) is 0. The summed E-state index contributed by atoms with van der Waals surface area (Å²) in [5.74, 6) is 0. The van der Waals surface area contributed by atoms with E-state index in [1.165, 1.54) is 22.3 Å². The molecular weight excluding hydrogens is 184 g/mol. The van der Waals surface area contributed by atoms with Gasteiger partial charge in [0, 0.05) is 6.54 Å². The van der Waals surface area contributed by atoms with Crippen molar-refractivity contribution in [3.8, 4) is 6.07 Å². The van der Waals surface area contributed by atoms with Crippen LogP contribution in [0, 0.1) is 32.1 Å². The van der Waals surface area contributed by atoms with Crippen molar-refractivity contribution in [2.24, 2.45) is 0 Å². The normalized spacial score (nSPS) is 10.0. The van der Waals surface area contributed by atoms with Crippen LogP contribution in [0.5, 0.6) is 0 Å². The maximum absolute atomic E-state index is 8.39. The SMILES string of the molecule is Cc1cc(C)c(CCNCC#N)cc1C. The van der Waals surface area contributed by atoms with Crippen molar-refractivity contribution in [1.29, 1.82) is 5.26 Å². The van der Waals surface area contributed by atoms with E-state index in [2.05, 4.69) is 44.3 Å². The second-order valence-electron chi connectivity index (χ2n) is 3.95. The third kappa shape index (κ3) is 3.38. The van der Waals surface area contributed by atoms with Gasteiger partial charge in [0.05, 0.1) is 12.6 Å². The van der Waals surface area contributed by atoms with E-state index in [1.54, 1.807) is 0 Å². The number of rotatable bonds is 4. The van der Waals surface area contributed by atoms with Gasteiger partial charge in [-0.15, -0.1) is 0 Å². The zero-order chi connectivity index (χ0) is 11.3. The van der Waals surface area contributed by atoms with Gasteiger partial charge in [-0.1, -0.05) is 12.1 Å². The Balaban J connectivity index is 2.62. The lowest BCUT2D eigenvalue weighted by Gasteiger charge is -2.09. The minimum Gasteiger partial charge on any atom is -0.304 e. The molecule has 0 saturated carbocycles. The Morgan fingerprint density at radius 1 is 1.13 bits per heavy atom. The number of aryl methyl sites for hydroxylation is 3. The molecule has 0 aromatic heterocycles. The van der Waals surface area contributed by atoms with Crippen molar-refractivity contribution in [1.82, 2.24) is 5.32 Å². The molecule has 1 aromatic carbocycles. The first kappa shape index (κ1) is 11.7. The van der Waals surface area contributed by atoms with Crippen LogP contribution in [0.3, 0.4) is 0 Å². The standard InChI is InChI=1S/C13H18N2/c1-10-8-12(3)13(9-11(10)2)4-6-15-7-5-14/h8-9,15H,4,6-7H2,1-3H3. The number of hydrogen-bond donors (Lipinski definition) is 1. The summed E-state index contributed by atoms with van der Waals surface area (Å²) in [5.41, 5.74) is 5.41. The van der Waals surface area contributed by atoms with Crippen LogP contribution in [0.1, 0.15) is 22.3 Å². The second kappa shape index (κ2) is 5.53. The van der Waals surface area contributed by atoms with Crippen LogP contribution >= 0.6 is 0 Å². The zero-order valence-electron chi connectivity index (χ0n) is 9.72. The fraction of sp³-hybridized carbons (Fsp3) is 0.462. The molecule has 0 bridgehead atoms. The van der Waals surface area contributed by atoms with Crippen molar-refractivity contribution in [2.75, 3.05) is 13.1 Å². The highest BCUT2D eigenvalue weighted by Gasteiger charge is 2.01. The van der Waals surface area contributed by atoms with E-state index in [4.69, 9.17) is 5.26 Å². The molecule has 0 fully saturated rings. The molecule has 0 radical (unpaired) electrons. The predicted octanol–water partition coefficient (Wildman–Crippen LogP) is 2.27. The first-order valence-corrected chi connectivity index (χ1v) is 5.29. The third-order valence-corrected chi connectivity index (χ3v) is 2.73. The fourth-order valence-corrected chi connectivity index (χ4v) is 1.66. The lowest BCUT2D eigenvalue weighted by Crippen LogP contribution is -2.17. The molecule has 0 amide bonds. The van der Waals surface area contributed by atoms with Crippen molar-refractivity contribution in [2.45, 2.75) is 27.2 Å². The van der Waals surface area contributed by atoms with E-state index in [9.17, 15) is 0 Å². The van der Waals surface area contributed by atoms with Crippen LogP contribution in [0.2, 0.25) is 0 Å². The van der Waals surface area contributed by atoms with Crippen molar-refractivity contribution < 1.29 is 0 Å². The molecule has 0 heterocycles. The predicted molar refractivity (Wildman–Crippen MR) is 62.8 cm³/mol. The van der Waals surface area contributed by atoms with E-state index in [0.29, 0.717) is 6.54 Å². The van der Waals surface area contributed by atoms with Crippen LogP contribution in [-0.2, 0) is 6.42 Å². The van der Waals surface area contributed by atoms with Crippen LogP contribution < -0.4 is 5.32 Å². The summed E-state index contributed by atoms with van der Waals surface area (Å²) in [5, 5.41) is 11.5. The summed E-state index contributed by atoms with van der Waals surface area (Å²) in [7, 11) is 0. The lowest BCUT2D eigenvalue weighted by molar-refractivity contribution is 0.746. The average molecular weight is 202 g/mol. The number of hydrogen-bond acceptors (Lipinski definition) is 2. The second-order valence-corrected chi connectivity index (χ2v) is 3.95. The molecule has 15 heavy (non-hydrogen) atoms. The third-order valence-electron chi connectivity index (χ3n) is 2.73. The monoisotopic (exact) mass is 202 g/mol. The summed E-state index contributed by atoms with van der Waals surface area (Å²) >= 11 is 0. The molecule has 0 atom stereocenters. The van der Waals surface area contributed by atoms with Gasteiger partial charge >= 0.3 is 0 Å². The lowest BCUT2D eigenvalue weighted by atomic mass is 9.99. The van der Waals surface area contributed by atoms with Crippen molar-refractivity contribution in [3.63, 3.8) is 0 Å². The Hall–Kier alpha value is -1.33. The zero-order valence-corrected chi connectivity index (χ0v) is 9.72. The first-order valence-electron chi connectivity index (χ1n) is 5.29. The van der Waals surface area contributed by atoms with Crippen molar-refractivity contribution >= 4 is 0 Å². The largest absolute Gasteiger partial charge is 0.304 e. The number of nitrogens with one attached hydrogen (secondary N) is 1. The molecule has 80 valence electrons. The van der Waals surface area contributed by atoms with E-state index in [-0.39, 0.29) is 0 Å². The molecule has 1 aromatic rings. The molecule has 1 rings (SSSR count). The summed E-state index contributed by atoms with van der Waals surface area (Å²) in [6.45, 7) is 7.73. The maximum atomic E-state index is 8.39. The van der Waals surface area contributed by atoms with Crippen LogP contribution in [0.25, 0.3) is 0 Å². The molecule has 0 spiro atoms. The summed E-state index contributed by atoms with van der Waals surface area (Å²) in [6, 6.07) is 6.56. The molecular formula is C13H18N2. The van der Waals surface area contributed by atoms with Gasteiger partial charge in [-0.05, 0) is 49.4 Å². The van der Waals surface area contributed by atoms with Gasteiger partial charge in [-0.25, -0.2) is 0 Å². The smallest absolute Gasteiger partial charge is 0.0841 e. The summed E-state index contributed by atoms with van der Waals surface area (Å²) < 4.78 is 0. The quantitative estimate of drug-likeness (QED) is 0.600. The average Bonchev–Trinajstić information content (AvgIpc) is 2.20. The van der Waals surface area contributed by atoms with Gasteiger partial charge in [0.15, 0.2) is 0 Å². The molecule has 0 saturated heterocycles.